The average molecular weight is 313 g/mol. The van der Waals surface area contributed by atoms with Gasteiger partial charge in [-0.15, -0.1) is 0 Å². The molecule has 5 nitrogen and oxygen atoms in total. The maximum absolute atomic E-state index is 11.8. The Labute approximate surface area is 136 Å². The molecule has 2 aromatic rings. The predicted octanol–water partition coefficient (Wildman–Crippen LogP) is 2.54. The molecule has 0 aliphatic carbocycles. The smallest absolute Gasteiger partial charge is 0.317 e. The topological polar surface area (TPSA) is 76.4 Å². The monoisotopic (exact) mass is 313 g/mol. The summed E-state index contributed by atoms with van der Waals surface area (Å²) in [5, 5.41) is 5.48. The first-order chi connectivity index (χ1) is 11.2. The molecule has 0 aliphatic heterocycles. The second-order valence-corrected chi connectivity index (χ2v) is 5.13. The van der Waals surface area contributed by atoms with Crippen molar-refractivity contribution < 1.29 is 9.53 Å². The maximum atomic E-state index is 11.8. The van der Waals surface area contributed by atoms with Crippen LogP contribution in [0, 0.1) is 0 Å². The molecule has 2 aromatic carbocycles. The Morgan fingerprint density at radius 2 is 1.87 bits per heavy atom. The first-order valence-electron chi connectivity index (χ1n) is 7.73. The minimum Gasteiger partial charge on any atom is -0.473 e. The minimum absolute atomic E-state index is 0.131. The number of urea groups is 1. The number of benzene rings is 2. The van der Waals surface area contributed by atoms with E-state index in [-0.39, 0.29) is 12.8 Å². The van der Waals surface area contributed by atoms with Gasteiger partial charge in [-0.2, -0.15) is 0 Å². The molecule has 0 saturated heterocycles. The van der Waals surface area contributed by atoms with Crippen molar-refractivity contribution in [1.29, 1.82) is 0 Å². The van der Waals surface area contributed by atoms with Gasteiger partial charge in [-0.3, -0.25) is 0 Å². The number of aryl methyl sites for hydroxylation is 1. The number of hydrogen-bond donors (Lipinski definition) is 3. The van der Waals surface area contributed by atoms with Crippen molar-refractivity contribution in [2.45, 2.75) is 26.4 Å². The Morgan fingerprint density at radius 1 is 1.09 bits per heavy atom. The largest absolute Gasteiger partial charge is 0.473 e. The second kappa shape index (κ2) is 8.80. The lowest BCUT2D eigenvalue weighted by atomic mass is 10.1. The number of ether oxygens (including phenoxy) is 1. The number of hydrogen-bond acceptors (Lipinski definition) is 3. The Morgan fingerprint density at radius 3 is 2.65 bits per heavy atom. The molecule has 0 radical (unpaired) electrons. The molecule has 0 aliphatic rings. The van der Waals surface area contributed by atoms with E-state index in [9.17, 15) is 4.79 Å². The van der Waals surface area contributed by atoms with Crippen molar-refractivity contribution in [2.75, 3.05) is 6.73 Å². The predicted molar refractivity (Wildman–Crippen MR) is 91.0 cm³/mol. The molecule has 0 atom stereocenters. The number of rotatable bonds is 7. The summed E-state index contributed by atoms with van der Waals surface area (Å²) in [6, 6.07) is 15.4. The van der Waals surface area contributed by atoms with E-state index in [0.29, 0.717) is 13.1 Å². The zero-order valence-electron chi connectivity index (χ0n) is 13.3. The SMILES string of the molecule is CCc1ccccc1OCNC(=O)NCc1cccc(CN)c1. The summed E-state index contributed by atoms with van der Waals surface area (Å²) in [7, 11) is 0. The van der Waals surface area contributed by atoms with E-state index in [1.165, 1.54) is 0 Å². The molecule has 0 aromatic heterocycles. The van der Waals surface area contributed by atoms with Gasteiger partial charge < -0.3 is 21.1 Å². The van der Waals surface area contributed by atoms with Gasteiger partial charge >= 0.3 is 6.03 Å². The van der Waals surface area contributed by atoms with Crippen LogP contribution < -0.4 is 21.1 Å². The minimum atomic E-state index is -0.267. The van der Waals surface area contributed by atoms with Gasteiger partial charge in [-0.25, -0.2) is 4.79 Å². The Balaban J connectivity index is 1.74. The molecule has 0 fully saturated rings. The normalized spacial score (nSPS) is 10.2. The molecule has 0 bridgehead atoms. The Bertz CT molecular complexity index is 644. The highest BCUT2D eigenvalue weighted by Crippen LogP contribution is 2.17. The number of carbonyl (C=O) groups excluding carboxylic acids is 1. The molecule has 2 rings (SSSR count). The third kappa shape index (κ3) is 5.30. The zero-order chi connectivity index (χ0) is 16.5. The lowest BCUT2D eigenvalue weighted by molar-refractivity contribution is 0.223. The standard InChI is InChI=1S/C18H23N3O2/c1-2-16-8-3-4-9-17(16)23-13-21-18(22)20-12-15-7-5-6-14(10-15)11-19/h3-10H,2,11-13,19H2,1H3,(H2,20,21,22). The van der Waals surface area contributed by atoms with Crippen LogP contribution >= 0.6 is 0 Å². The molecule has 2 amide bonds. The summed E-state index contributed by atoms with van der Waals surface area (Å²) in [5.74, 6) is 0.797. The highest BCUT2D eigenvalue weighted by molar-refractivity contribution is 5.73. The van der Waals surface area contributed by atoms with Crippen molar-refractivity contribution in [3.8, 4) is 5.75 Å². The number of nitrogens with one attached hydrogen (secondary N) is 2. The fourth-order valence-electron chi connectivity index (χ4n) is 2.23. The van der Waals surface area contributed by atoms with Gasteiger partial charge in [0.15, 0.2) is 6.73 Å². The van der Waals surface area contributed by atoms with Gasteiger partial charge in [-0.1, -0.05) is 49.4 Å². The van der Waals surface area contributed by atoms with Crippen LogP contribution in [0.2, 0.25) is 0 Å². The number of nitrogens with two attached hydrogens (primary N) is 1. The molecule has 0 saturated carbocycles. The highest BCUT2D eigenvalue weighted by atomic mass is 16.5. The van der Waals surface area contributed by atoms with Crippen molar-refractivity contribution in [1.82, 2.24) is 10.6 Å². The summed E-state index contributed by atoms with van der Waals surface area (Å²) in [5.41, 5.74) is 8.78. The van der Waals surface area contributed by atoms with Crippen LogP contribution in [0.25, 0.3) is 0 Å². The first kappa shape index (κ1) is 16.8. The summed E-state index contributed by atoms with van der Waals surface area (Å²) < 4.78 is 5.60. The fourth-order valence-corrected chi connectivity index (χ4v) is 2.23. The number of amides is 2. The summed E-state index contributed by atoms with van der Waals surface area (Å²) in [6.07, 6.45) is 0.889. The van der Waals surface area contributed by atoms with E-state index in [1.807, 2.05) is 48.5 Å². The number of carbonyl (C=O) groups is 1. The molecule has 122 valence electrons. The summed E-state index contributed by atoms with van der Waals surface area (Å²) >= 11 is 0. The Kier molecular flexibility index (Phi) is 6.44. The van der Waals surface area contributed by atoms with E-state index in [0.717, 1.165) is 28.9 Å². The third-order valence-electron chi connectivity index (χ3n) is 3.49. The quantitative estimate of drug-likeness (QED) is 0.688. The molecule has 0 spiro atoms. The average Bonchev–Trinajstić information content (AvgIpc) is 2.60. The highest BCUT2D eigenvalue weighted by Gasteiger charge is 2.03. The number of para-hydroxylation sites is 1. The van der Waals surface area contributed by atoms with E-state index >= 15 is 0 Å². The third-order valence-corrected chi connectivity index (χ3v) is 3.49. The van der Waals surface area contributed by atoms with Crippen LogP contribution in [-0.4, -0.2) is 12.8 Å². The molecule has 4 N–H and O–H groups in total. The van der Waals surface area contributed by atoms with Gasteiger partial charge in [-0.05, 0) is 29.2 Å². The zero-order valence-corrected chi connectivity index (χ0v) is 13.3. The van der Waals surface area contributed by atoms with Crippen LogP contribution in [0.1, 0.15) is 23.6 Å². The lowest BCUT2D eigenvalue weighted by Gasteiger charge is -2.12. The van der Waals surface area contributed by atoms with Gasteiger partial charge in [0.2, 0.25) is 0 Å². The van der Waals surface area contributed by atoms with Crippen molar-refractivity contribution >= 4 is 6.03 Å². The van der Waals surface area contributed by atoms with Crippen molar-refractivity contribution in [3.05, 3.63) is 65.2 Å². The van der Waals surface area contributed by atoms with Crippen molar-refractivity contribution in [3.63, 3.8) is 0 Å². The second-order valence-electron chi connectivity index (χ2n) is 5.13. The van der Waals surface area contributed by atoms with E-state index in [1.54, 1.807) is 0 Å². The van der Waals surface area contributed by atoms with Gasteiger partial charge in [0, 0.05) is 13.1 Å². The molecule has 0 unspecified atom stereocenters. The van der Waals surface area contributed by atoms with Gasteiger partial charge in [0.1, 0.15) is 5.75 Å². The summed E-state index contributed by atoms with van der Waals surface area (Å²) in [4.78, 5) is 11.8. The van der Waals surface area contributed by atoms with Crippen LogP contribution in [0.4, 0.5) is 4.79 Å². The van der Waals surface area contributed by atoms with Crippen LogP contribution in [0.5, 0.6) is 5.75 Å². The van der Waals surface area contributed by atoms with E-state index in [2.05, 4.69) is 17.6 Å². The molecule has 0 heterocycles. The molecule has 5 heteroatoms. The van der Waals surface area contributed by atoms with Crippen molar-refractivity contribution in [2.24, 2.45) is 5.73 Å². The van der Waals surface area contributed by atoms with Crippen LogP contribution in [-0.2, 0) is 19.5 Å². The van der Waals surface area contributed by atoms with E-state index < -0.39 is 0 Å². The molecule has 23 heavy (non-hydrogen) atoms. The van der Waals surface area contributed by atoms with E-state index in [4.69, 9.17) is 10.5 Å². The lowest BCUT2D eigenvalue weighted by Crippen LogP contribution is -2.37. The summed E-state index contributed by atoms with van der Waals surface area (Å²) in [6.45, 7) is 3.14. The van der Waals surface area contributed by atoms with Gasteiger partial charge in [0.05, 0.1) is 0 Å². The van der Waals surface area contributed by atoms with Crippen LogP contribution in [0.15, 0.2) is 48.5 Å². The Hall–Kier alpha value is -2.53. The van der Waals surface area contributed by atoms with Gasteiger partial charge in [0.25, 0.3) is 0 Å². The fraction of sp³-hybridized carbons (Fsp3) is 0.278. The van der Waals surface area contributed by atoms with Crippen LogP contribution in [0.3, 0.4) is 0 Å². The first-order valence-corrected chi connectivity index (χ1v) is 7.73. The molecular formula is C18H23N3O2. The maximum Gasteiger partial charge on any atom is 0.317 e. The molecular weight excluding hydrogens is 290 g/mol.